The SMILES string of the molecule is CC(=O)N[C@@H]1[C@@H](O)[C@H](O[C@@H]2O[C@H](CO)[C@@H](O[C@@H]3O[C@H](CO[C@H]4O[C@H](CO)[C@@H](O[C@H]5O[C@H](CO)[C@@H](O)[C@H](O)[C@@H]5O)[C@H](O)[C@@H]4O)[C@@H](O)[C@H](O[C@@H]4O[C@H](CO)[C@@H](O)[C@H](O)[C@@H]4O)[C@@H]3O)[C@H](O)[C@H]2NC(C)=O)[C@@H](CO)O[C@H]1O. The number of hydrogen-bond acceptors (Lipinski definition) is 31. The molecule has 6 fully saturated rings. The summed E-state index contributed by atoms with van der Waals surface area (Å²) in [7, 11) is 0. The van der Waals surface area contributed by atoms with Crippen LogP contribution in [0.3, 0.4) is 0 Å². The number of ether oxygens (including phenoxy) is 11. The predicted molar refractivity (Wildman–Crippen MR) is 222 cm³/mol. The fourth-order valence-electron chi connectivity index (χ4n) is 9.22. The maximum absolute atomic E-state index is 12.5. The molecule has 0 unspecified atom stereocenters. The van der Waals surface area contributed by atoms with Gasteiger partial charge in [0.15, 0.2) is 37.7 Å². The highest BCUT2D eigenvalue weighted by Crippen LogP contribution is 2.36. The number of carbonyl (C=O) groups is 2. The Hall–Kier alpha value is -2.22. The fraction of sp³-hybridized carbons (Fsp3) is 0.950. The van der Waals surface area contributed by atoms with E-state index in [4.69, 9.17) is 52.1 Å². The zero-order chi connectivity index (χ0) is 53.9. The lowest BCUT2D eigenvalue weighted by atomic mass is 9.94. The normalized spacial score (nSPS) is 49.8. The molecule has 0 aromatic heterocycles. The molecule has 6 rings (SSSR count). The van der Waals surface area contributed by atoms with Crippen LogP contribution in [0.2, 0.25) is 0 Å². The van der Waals surface area contributed by atoms with E-state index in [2.05, 4.69) is 10.6 Å². The number of aliphatic hydroxyl groups excluding tert-OH is 18. The molecule has 0 aliphatic carbocycles. The number of rotatable bonds is 18. The van der Waals surface area contributed by atoms with Crippen LogP contribution >= 0.6 is 0 Å². The summed E-state index contributed by atoms with van der Waals surface area (Å²) in [4.78, 5) is 24.4. The molecule has 424 valence electrons. The third-order valence-electron chi connectivity index (χ3n) is 13.2. The van der Waals surface area contributed by atoms with Gasteiger partial charge in [0.2, 0.25) is 11.8 Å². The molecule has 6 aliphatic heterocycles. The van der Waals surface area contributed by atoms with Crippen LogP contribution in [0.25, 0.3) is 0 Å². The topological polar surface area (TPSA) is 524 Å². The summed E-state index contributed by atoms with van der Waals surface area (Å²) in [5.74, 6) is -1.55. The molecule has 6 heterocycles. The zero-order valence-electron chi connectivity index (χ0n) is 38.9. The van der Waals surface area contributed by atoms with Crippen LogP contribution in [0.5, 0.6) is 0 Å². The molecule has 6 saturated heterocycles. The average Bonchev–Trinajstić information content (AvgIpc) is 3.35. The highest BCUT2D eigenvalue weighted by Gasteiger charge is 2.57. The Morgan fingerprint density at radius 2 is 0.712 bits per heavy atom. The van der Waals surface area contributed by atoms with Crippen LogP contribution in [0.15, 0.2) is 0 Å². The summed E-state index contributed by atoms with van der Waals surface area (Å²) in [5.41, 5.74) is 0. The minimum Gasteiger partial charge on any atom is -0.394 e. The van der Waals surface area contributed by atoms with Crippen LogP contribution in [0.4, 0.5) is 0 Å². The van der Waals surface area contributed by atoms with Gasteiger partial charge in [-0.2, -0.15) is 0 Å². The molecule has 0 saturated carbocycles. The van der Waals surface area contributed by atoms with E-state index in [0.29, 0.717) is 0 Å². The van der Waals surface area contributed by atoms with Gasteiger partial charge >= 0.3 is 0 Å². The molecule has 33 heteroatoms. The fourth-order valence-corrected chi connectivity index (χ4v) is 9.22. The Labute approximate surface area is 413 Å². The summed E-state index contributed by atoms with van der Waals surface area (Å²) in [5, 5.41) is 197. The molecule has 33 nitrogen and oxygen atoms in total. The first-order chi connectivity index (χ1) is 34.5. The van der Waals surface area contributed by atoms with Crippen molar-refractivity contribution in [2.75, 3.05) is 39.6 Å². The summed E-state index contributed by atoms with van der Waals surface area (Å²) >= 11 is 0. The second kappa shape index (κ2) is 26.0. The molecule has 0 aromatic carbocycles. The number of nitrogens with one attached hydrogen (secondary N) is 2. The maximum Gasteiger partial charge on any atom is 0.217 e. The minimum absolute atomic E-state index is 0.715. The molecule has 30 atom stereocenters. The number of hydrogen-bond donors (Lipinski definition) is 20. The van der Waals surface area contributed by atoms with Gasteiger partial charge in [-0.1, -0.05) is 0 Å². The van der Waals surface area contributed by atoms with Crippen molar-refractivity contribution in [1.82, 2.24) is 10.6 Å². The van der Waals surface area contributed by atoms with Crippen molar-refractivity contribution in [3.63, 3.8) is 0 Å². The lowest BCUT2D eigenvalue weighted by Gasteiger charge is -2.50. The second-order valence-corrected chi connectivity index (χ2v) is 18.3. The van der Waals surface area contributed by atoms with Gasteiger partial charge < -0.3 is 155 Å². The number of amides is 2. The Bertz CT molecular complexity index is 1740. The molecule has 0 bridgehead atoms. The molecule has 73 heavy (non-hydrogen) atoms. The van der Waals surface area contributed by atoms with Crippen molar-refractivity contribution in [2.45, 2.75) is 198 Å². The van der Waals surface area contributed by atoms with E-state index in [-0.39, 0.29) is 0 Å². The van der Waals surface area contributed by atoms with Gasteiger partial charge in [0.05, 0.1) is 39.6 Å². The highest BCUT2D eigenvalue weighted by molar-refractivity contribution is 5.73. The van der Waals surface area contributed by atoms with Crippen molar-refractivity contribution in [3.8, 4) is 0 Å². The van der Waals surface area contributed by atoms with Crippen molar-refractivity contribution < 1.29 is 154 Å². The predicted octanol–water partition coefficient (Wildman–Crippen LogP) is -13.8. The van der Waals surface area contributed by atoms with Crippen LogP contribution in [-0.2, 0) is 61.7 Å². The number of aliphatic hydroxyl groups is 18. The largest absolute Gasteiger partial charge is 0.394 e. The van der Waals surface area contributed by atoms with Crippen molar-refractivity contribution in [2.24, 2.45) is 0 Å². The van der Waals surface area contributed by atoms with Crippen molar-refractivity contribution in [3.05, 3.63) is 0 Å². The first-order valence-corrected chi connectivity index (χ1v) is 23.1. The first kappa shape index (κ1) is 60.0. The van der Waals surface area contributed by atoms with Gasteiger partial charge in [-0.15, -0.1) is 0 Å². The van der Waals surface area contributed by atoms with Gasteiger partial charge in [-0.05, 0) is 0 Å². The Morgan fingerprint density at radius 1 is 0.356 bits per heavy atom. The molecule has 2 amide bonds. The van der Waals surface area contributed by atoms with Crippen LogP contribution in [0.1, 0.15) is 13.8 Å². The van der Waals surface area contributed by atoms with Gasteiger partial charge in [-0.3, -0.25) is 9.59 Å². The average molecular weight is 1070 g/mol. The van der Waals surface area contributed by atoms with Crippen molar-refractivity contribution in [1.29, 1.82) is 0 Å². The molecule has 0 aromatic rings. The van der Waals surface area contributed by atoms with E-state index in [1.807, 2.05) is 0 Å². The van der Waals surface area contributed by atoms with Crippen LogP contribution < -0.4 is 10.6 Å². The summed E-state index contributed by atoms with van der Waals surface area (Å²) < 4.78 is 62.4. The standard InChI is InChI=1S/C40H68N2O31/c1-9(48)41-17-22(53)31(13(5-45)64-35(17)62)70-36-18(42-10(2)49)23(54)32(14(6-46)67-36)71-40-30(61)34(73-39-28(59)25(56)20(51)12(4-44)66-39)21(52)16(69-40)8-63-37-29(60)26(57)33(15(7-47)68-37)72-38-27(58)24(55)19(50)11(3-43)65-38/h11-40,43-47,50-62H,3-8H2,1-2H3,(H,41,48)(H,42,49)/t11-,12-,13-,14-,15-,16-,17-,18-,19-,20-,21-,22-,23-,24+,25+,26-,27+,28+,29+,30+,31-,32-,33-,34+,35-,36+,37+,38-,39+,40+/m1/s1. The van der Waals surface area contributed by atoms with Gasteiger partial charge in [-0.25, -0.2) is 0 Å². The first-order valence-electron chi connectivity index (χ1n) is 23.1. The third kappa shape index (κ3) is 13.0. The zero-order valence-corrected chi connectivity index (χ0v) is 38.9. The quantitative estimate of drug-likeness (QED) is 0.0606. The minimum atomic E-state index is -2.26. The van der Waals surface area contributed by atoms with Gasteiger partial charge in [0.1, 0.15) is 146 Å². The second-order valence-electron chi connectivity index (χ2n) is 18.3. The van der Waals surface area contributed by atoms with Gasteiger partial charge in [0, 0.05) is 13.8 Å². The van der Waals surface area contributed by atoms with E-state index in [1.54, 1.807) is 0 Å². The van der Waals surface area contributed by atoms with Gasteiger partial charge in [0.25, 0.3) is 0 Å². The van der Waals surface area contributed by atoms with Crippen LogP contribution in [0, 0.1) is 0 Å². The molecular formula is C40H68N2O31. The summed E-state index contributed by atoms with van der Waals surface area (Å²) in [6, 6.07) is -3.28. The molecule has 0 radical (unpaired) electrons. The maximum atomic E-state index is 12.5. The van der Waals surface area contributed by atoms with Crippen molar-refractivity contribution >= 4 is 11.8 Å². The smallest absolute Gasteiger partial charge is 0.217 e. The molecule has 6 aliphatic rings. The van der Waals surface area contributed by atoms with E-state index in [1.165, 1.54) is 0 Å². The Morgan fingerprint density at radius 3 is 1.19 bits per heavy atom. The summed E-state index contributed by atoms with van der Waals surface area (Å²) in [6.07, 6.45) is -53.1. The lowest BCUT2D eigenvalue weighted by molar-refractivity contribution is -0.386. The van der Waals surface area contributed by atoms with E-state index in [9.17, 15) is 102 Å². The van der Waals surface area contributed by atoms with Crippen LogP contribution in [-0.4, -0.2) is 327 Å². The Balaban J connectivity index is 1.24. The summed E-state index contributed by atoms with van der Waals surface area (Å²) in [6.45, 7) is -3.57. The molecular weight excluding hydrogens is 1000 g/mol. The molecule has 0 spiro atoms. The monoisotopic (exact) mass is 1070 g/mol. The Kier molecular flexibility index (Phi) is 21.3. The lowest BCUT2D eigenvalue weighted by Crippen LogP contribution is -2.70. The third-order valence-corrected chi connectivity index (χ3v) is 13.2. The van der Waals surface area contributed by atoms with E-state index >= 15 is 0 Å². The highest BCUT2D eigenvalue weighted by atomic mass is 16.8. The van der Waals surface area contributed by atoms with E-state index < -0.39 is 236 Å². The van der Waals surface area contributed by atoms with E-state index in [0.717, 1.165) is 13.8 Å². The number of carbonyl (C=O) groups excluding carboxylic acids is 2. The molecule has 20 N–H and O–H groups in total.